The Morgan fingerprint density at radius 2 is 2.21 bits per heavy atom. The van der Waals surface area contributed by atoms with Crippen molar-refractivity contribution in [3.8, 4) is 0 Å². The number of likely N-dealkylation sites (N-methyl/N-ethyl adjacent to an activating group) is 1. The summed E-state index contributed by atoms with van der Waals surface area (Å²) in [6, 6.07) is 6.88. The molecule has 2 rings (SSSR count). The van der Waals surface area contributed by atoms with Gasteiger partial charge >= 0.3 is 0 Å². The lowest BCUT2D eigenvalue weighted by Gasteiger charge is -2.19. The Bertz CT molecular complexity index is 400. The van der Waals surface area contributed by atoms with E-state index in [9.17, 15) is 0 Å². The number of rotatable bonds is 6. The Morgan fingerprint density at radius 1 is 1.37 bits per heavy atom. The first kappa shape index (κ1) is 14.5. The summed E-state index contributed by atoms with van der Waals surface area (Å²) in [6.45, 7) is 7.57. The summed E-state index contributed by atoms with van der Waals surface area (Å²) in [5.41, 5.74) is 3.97. The van der Waals surface area contributed by atoms with E-state index in [0.717, 1.165) is 32.8 Å². The second-order valence-corrected chi connectivity index (χ2v) is 5.45. The van der Waals surface area contributed by atoms with Crippen molar-refractivity contribution in [2.24, 2.45) is 5.92 Å². The van der Waals surface area contributed by atoms with E-state index >= 15 is 0 Å². The van der Waals surface area contributed by atoms with Crippen LogP contribution in [0.4, 0.5) is 0 Å². The summed E-state index contributed by atoms with van der Waals surface area (Å²) < 4.78 is 11.2. The van der Waals surface area contributed by atoms with Crippen molar-refractivity contribution in [3.63, 3.8) is 0 Å². The van der Waals surface area contributed by atoms with E-state index in [2.05, 4.69) is 37.4 Å². The average molecular weight is 263 g/mol. The molecule has 1 N–H and O–H groups in total. The summed E-state index contributed by atoms with van der Waals surface area (Å²) in [4.78, 5) is 0. The molecule has 0 spiro atoms. The van der Waals surface area contributed by atoms with Gasteiger partial charge in [0, 0.05) is 12.5 Å². The molecule has 1 aromatic carbocycles. The van der Waals surface area contributed by atoms with Crippen LogP contribution in [-0.2, 0) is 9.47 Å². The topological polar surface area (TPSA) is 30.5 Å². The SMILES string of the molecule is CNC(COCC1CCOC1)c1ccc(C)c(C)c1. The highest BCUT2D eigenvalue weighted by Crippen LogP contribution is 2.18. The largest absolute Gasteiger partial charge is 0.381 e. The lowest BCUT2D eigenvalue weighted by Crippen LogP contribution is -2.23. The van der Waals surface area contributed by atoms with E-state index in [1.165, 1.54) is 16.7 Å². The highest BCUT2D eigenvalue weighted by atomic mass is 16.5. The van der Waals surface area contributed by atoms with Crippen molar-refractivity contribution < 1.29 is 9.47 Å². The van der Waals surface area contributed by atoms with Gasteiger partial charge in [0.1, 0.15) is 0 Å². The Morgan fingerprint density at radius 3 is 2.84 bits per heavy atom. The van der Waals surface area contributed by atoms with Crippen molar-refractivity contribution in [1.29, 1.82) is 0 Å². The van der Waals surface area contributed by atoms with Crippen LogP contribution in [0.1, 0.15) is 29.2 Å². The van der Waals surface area contributed by atoms with Crippen LogP contribution in [0.3, 0.4) is 0 Å². The van der Waals surface area contributed by atoms with E-state index in [4.69, 9.17) is 9.47 Å². The van der Waals surface area contributed by atoms with Crippen molar-refractivity contribution in [2.75, 3.05) is 33.5 Å². The molecule has 1 fully saturated rings. The molecule has 0 radical (unpaired) electrons. The fraction of sp³-hybridized carbons (Fsp3) is 0.625. The molecule has 2 atom stereocenters. The molecule has 106 valence electrons. The fourth-order valence-corrected chi connectivity index (χ4v) is 2.39. The molecule has 19 heavy (non-hydrogen) atoms. The molecule has 0 saturated carbocycles. The van der Waals surface area contributed by atoms with Crippen LogP contribution >= 0.6 is 0 Å². The normalized spacial score (nSPS) is 20.7. The summed E-state index contributed by atoms with van der Waals surface area (Å²) in [7, 11) is 1.99. The number of hydrogen-bond acceptors (Lipinski definition) is 3. The first-order valence-electron chi connectivity index (χ1n) is 7.10. The molecule has 1 heterocycles. The number of aryl methyl sites for hydroxylation is 2. The van der Waals surface area contributed by atoms with Crippen LogP contribution in [0.2, 0.25) is 0 Å². The minimum atomic E-state index is 0.265. The van der Waals surface area contributed by atoms with Gasteiger partial charge in [0.15, 0.2) is 0 Å². The first-order chi connectivity index (χ1) is 9.20. The molecular weight excluding hydrogens is 238 g/mol. The molecule has 3 heteroatoms. The van der Waals surface area contributed by atoms with Gasteiger partial charge in [-0.15, -0.1) is 0 Å². The number of nitrogens with one attached hydrogen (secondary N) is 1. The molecule has 0 aromatic heterocycles. The average Bonchev–Trinajstić information content (AvgIpc) is 2.91. The van der Waals surface area contributed by atoms with Gasteiger partial charge in [0.25, 0.3) is 0 Å². The van der Waals surface area contributed by atoms with Gasteiger partial charge in [0.05, 0.1) is 25.9 Å². The maximum Gasteiger partial charge on any atom is 0.0661 e. The quantitative estimate of drug-likeness (QED) is 0.856. The lowest BCUT2D eigenvalue weighted by atomic mass is 10.0. The zero-order valence-electron chi connectivity index (χ0n) is 12.2. The first-order valence-corrected chi connectivity index (χ1v) is 7.10. The zero-order chi connectivity index (χ0) is 13.7. The van der Waals surface area contributed by atoms with E-state index < -0.39 is 0 Å². The van der Waals surface area contributed by atoms with Gasteiger partial charge in [-0.25, -0.2) is 0 Å². The molecule has 0 aliphatic carbocycles. The van der Waals surface area contributed by atoms with Crippen molar-refractivity contribution >= 4 is 0 Å². The lowest BCUT2D eigenvalue weighted by molar-refractivity contribution is 0.0758. The van der Waals surface area contributed by atoms with Gasteiger partial charge in [-0.1, -0.05) is 18.2 Å². The van der Waals surface area contributed by atoms with Crippen LogP contribution in [0.25, 0.3) is 0 Å². The van der Waals surface area contributed by atoms with E-state index in [1.54, 1.807) is 0 Å². The van der Waals surface area contributed by atoms with Crippen LogP contribution in [0.15, 0.2) is 18.2 Å². The van der Waals surface area contributed by atoms with Gasteiger partial charge in [-0.2, -0.15) is 0 Å². The zero-order valence-corrected chi connectivity index (χ0v) is 12.2. The van der Waals surface area contributed by atoms with Crippen molar-refractivity contribution in [2.45, 2.75) is 26.3 Å². The summed E-state index contributed by atoms with van der Waals surface area (Å²) >= 11 is 0. The van der Waals surface area contributed by atoms with Crippen LogP contribution in [0.5, 0.6) is 0 Å². The Balaban J connectivity index is 1.86. The van der Waals surface area contributed by atoms with Crippen molar-refractivity contribution in [3.05, 3.63) is 34.9 Å². The molecule has 1 aliphatic heterocycles. The molecule has 0 bridgehead atoms. The van der Waals surface area contributed by atoms with Crippen LogP contribution in [-0.4, -0.2) is 33.5 Å². The third kappa shape index (κ3) is 4.03. The third-order valence-corrected chi connectivity index (χ3v) is 3.94. The van der Waals surface area contributed by atoms with E-state index in [1.807, 2.05) is 7.05 Å². The molecule has 1 aliphatic rings. The number of ether oxygens (including phenoxy) is 2. The van der Waals surface area contributed by atoms with Gasteiger partial charge in [-0.3, -0.25) is 0 Å². The Hall–Kier alpha value is -0.900. The van der Waals surface area contributed by atoms with E-state index in [-0.39, 0.29) is 6.04 Å². The summed E-state index contributed by atoms with van der Waals surface area (Å²) in [6.07, 6.45) is 1.13. The Labute approximate surface area is 116 Å². The molecule has 3 nitrogen and oxygen atoms in total. The second-order valence-electron chi connectivity index (χ2n) is 5.45. The van der Waals surface area contributed by atoms with Gasteiger partial charge in [-0.05, 0) is 44.0 Å². The molecule has 0 amide bonds. The third-order valence-electron chi connectivity index (χ3n) is 3.94. The summed E-state index contributed by atoms with van der Waals surface area (Å²) in [5, 5.41) is 3.33. The molecular formula is C16H25NO2. The number of benzene rings is 1. The molecule has 1 saturated heterocycles. The number of hydrogen-bond donors (Lipinski definition) is 1. The predicted octanol–water partition coefficient (Wildman–Crippen LogP) is 2.62. The minimum Gasteiger partial charge on any atom is -0.381 e. The standard InChI is InChI=1S/C16H25NO2/c1-12-4-5-15(8-13(12)2)16(17-3)11-19-10-14-6-7-18-9-14/h4-5,8,14,16-17H,6-7,9-11H2,1-3H3. The monoisotopic (exact) mass is 263 g/mol. The highest BCUT2D eigenvalue weighted by molar-refractivity contribution is 5.31. The molecule has 2 unspecified atom stereocenters. The van der Waals surface area contributed by atoms with Crippen LogP contribution in [0, 0.1) is 19.8 Å². The van der Waals surface area contributed by atoms with E-state index in [0.29, 0.717) is 5.92 Å². The second kappa shape index (κ2) is 7.04. The van der Waals surface area contributed by atoms with Gasteiger partial charge < -0.3 is 14.8 Å². The van der Waals surface area contributed by atoms with Crippen LogP contribution < -0.4 is 5.32 Å². The summed E-state index contributed by atoms with van der Waals surface area (Å²) in [5.74, 6) is 0.581. The predicted molar refractivity (Wildman–Crippen MR) is 77.5 cm³/mol. The Kier molecular flexibility index (Phi) is 5.37. The highest BCUT2D eigenvalue weighted by Gasteiger charge is 2.17. The maximum atomic E-state index is 5.85. The maximum absolute atomic E-state index is 5.85. The van der Waals surface area contributed by atoms with Gasteiger partial charge in [0.2, 0.25) is 0 Å². The molecule has 1 aromatic rings. The smallest absolute Gasteiger partial charge is 0.0661 e. The van der Waals surface area contributed by atoms with Crippen molar-refractivity contribution in [1.82, 2.24) is 5.32 Å². The minimum absolute atomic E-state index is 0.265. The fourth-order valence-electron chi connectivity index (χ4n) is 2.39.